The van der Waals surface area contributed by atoms with Gasteiger partial charge in [-0.05, 0) is 56.1 Å². The van der Waals surface area contributed by atoms with Gasteiger partial charge in [0, 0.05) is 47.8 Å². The van der Waals surface area contributed by atoms with E-state index < -0.39 is 0 Å². The molecule has 4 rings (SSSR count). The lowest BCUT2D eigenvalue weighted by atomic mass is 9.93. The highest BCUT2D eigenvalue weighted by molar-refractivity contribution is 5.82. The minimum atomic E-state index is -0.122. The molecule has 3 heterocycles. The summed E-state index contributed by atoms with van der Waals surface area (Å²) in [6.07, 6.45) is 7.39. The molecule has 0 radical (unpaired) electrons. The average Bonchev–Trinajstić information content (AvgIpc) is 3.37. The molecule has 2 aromatic heterocycles. The van der Waals surface area contributed by atoms with Crippen molar-refractivity contribution in [2.75, 3.05) is 26.2 Å². The molecule has 0 spiro atoms. The van der Waals surface area contributed by atoms with E-state index in [1.807, 2.05) is 42.5 Å². The summed E-state index contributed by atoms with van der Waals surface area (Å²) in [5.74, 6) is 7.84. The zero-order valence-electron chi connectivity index (χ0n) is 22.3. The van der Waals surface area contributed by atoms with Crippen LogP contribution < -0.4 is 4.74 Å². The molecule has 1 aromatic carbocycles. The minimum Gasteiger partial charge on any atom is -0.478 e. The van der Waals surface area contributed by atoms with E-state index in [4.69, 9.17) is 9.26 Å². The Labute approximate surface area is 220 Å². The first-order chi connectivity index (χ1) is 17.8. The maximum absolute atomic E-state index is 12.5. The second-order valence-electron chi connectivity index (χ2n) is 10.8. The number of pyridine rings is 1. The Morgan fingerprint density at radius 1 is 1.00 bits per heavy atom. The Bertz CT molecular complexity index is 1210. The predicted octanol–water partition coefficient (Wildman–Crippen LogP) is 5.38. The fraction of sp³-hybridized carbons (Fsp3) is 0.452. The number of Topliss-reactive ketones (excluding diaryl/α,β-unsaturated/α-hetero) is 1. The molecule has 0 bridgehead atoms. The summed E-state index contributed by atoms with van der Waals surface area (Å²) in [4.78, 5) is 19.4. The van der Waals surface area contributed by atoms with Crippen molar-refractivity contribution in [3.05, 3.63) is 76.8 Å². The molecule has 1 aliphatic rings. The Hall–Kier alpha value is -3.43. The molecule has 0 aliphatic carbocycles. The van der Waals surface area contributed by atoms with Gasteiger partial charge < -0.3 is 14.2 Å². The SMILES string of the molecule is CC(C)(C)c1cc(CC(=O)Cc2ccc(C#Cc3ccc(OCCCN4CCCCC4)nc3)cc2)no1. The van der Waals surface area contributed by atoms with Crippen LogP contribution in [-0.2, 0) is 23.1 Å². The van der Waals surface area contributed by atoms with Crippen molar-refractivity contribution in [3.8, 4) is 17.7 Å². The summed E-state index contributed by atoms with van der Waals surface area (Å²) < 4.78 is 11.2. The number of ketones is 1. The van der Waals surface area contributed by atoms with Crippen LogP contribution >= 0.6 is 0 Å². The summed E-state index contributed by atoms with van der Waals surface area (Å²) >= 11 is 0. The van der Waals surface area contributed by atoms with E-state index in [-0.39, 0.29) is 17.6 Å². The van der Waals surface area contributed by atoms with Crippen LogP contribution in [0.1, 0.15) is 74.6 Å². The summed E-state index contributed by atoms with van der Waals surface area (Å²) in [6, 6.07) is 13.5. The third-order valence-corrected chi connectivity index (χ3v) is 6.44. The number of nitrogens with zero attached hydrogens (tertiary/aromatic N) is 3. The number of benzene rings is 1. The van der Waals surface area contributed by atoms with E-state index in [0.717, 1.165) is 35.4 Å². The van der Waals surface area contributed by atoms with Crippen LogP contribution in [0.3, 0.4) is 0 Å². The van der Waals surface area contributed by atoms with Gasteiger partial charge in [-0.25, -0.2) is 4.98 Å². The number of carbonyl (C=O) groups is 1. The van der Waals surface area contributed by atoms with E-state index in [1.165, 1.54) is 32.4 Å². The summed E-state index contributed by atoms with van der Waals surface area (Å²) in [7, 11) is 0. The molecule has 37 heavy (non-hydrogen) atoms. The number of ether oxygens (including phenoxy) is 1. The fourth-order valence-electron chi connectivity index (χ4n) is 4.28. The van der Waals surface area contributed by atoms with Crippen molar-refractivity contribution in [2.45, 2.75) is 64.7 Å². The van der Waals surface area contributed by atoms with E-state index in [2.05, 4.69) is 47.7 Å². The minimum absolute atomic E-state index is 0.104. The maximum Gasteiger partial charge on any atom is 0.213 e. The first-order valence-corrected chi connectivity index (χ1v) is 13.3. The summed E-state index contributed by atoms with van der Waals surface area (Å²) in [5, 5.41) is 4.04. The van der Waals surface area contributed by atoms with Crippen LogP contribution in [-0.4, -0.2) is 47.1 Å². The van der Waals surface area contributed by atoms with Gasteiger partial charge >= 0.3 is 0 Å². The Kier molecular flexibility index (Phi) is 9.14. The summed E-state index contributed by atoms with van der Waals surface area (Å²) in [5.41, 5.74) is 3.24. The lowest BCUT2D eigenvalue weighted by Gasteiger charge is -2.26. The quantitative estimate of drug-likeness (QED) is 0.291. The largest absolute Gasteiger partial charge is 0.478 e. The molecule has 1 aliphatic heterocycles. The van der Waals surface area contributed by atoms with Gasteiger partial charge in [-0.1, -0.05) is 56.3 Å². The van der Waals surface area contributed by atoms with Crippen molar-refractivity contribution in [2.24, 2.45) is 0 Å². The van der Waals surface area contributed by atoms with Gasteiger partial charge in [0.15, 0.2) is 0 Å². The molecule has 194 valence electrons. The average molecular weight is 500 g/mol. The molecule has 0 unspecified atom stereocenters. The molecule has 1 fully saturated rings. The van der Waals surface area contributed by atoms with Crippen LogP contribution in [0.2, 0.25) is 0 Å². The first kappa shape index (κ1) is 26.6. The molecular formula is C31H37N3O3. The molecule has 1 saturated heterocycles. The third-order valence-electron chi connectivity index (χ3n) is 6.44. The van der Waals surface area contributed by atoms with Gasteiger partial charge in [-0.2, -0.15) is 0 Å². The van der Waals surface area contributed by atoms with Gasteiger partial charge in [-0.15, -0.1) is 0 Å². The molecule has 0 saturated carbocycles. The topological polar surface area (TPSA) is 68.5 Å². The van der Waals surface area contributed by atoms with E-state index in [0.29, 0.717) is 24.6 Å². The Balaban J connectivity index is 1.21. The van der Waals surface area contributed by atoms with Crippen molar-refractivity contribution in [3.63, 3.8) is 0 Å². The number of carbonyl (C=O) groups excluding carboxylic acids is 1. The Morgan fingerprint density at radius 3 is 2.41 bits per heavy atom. The molecule has 6 heteroatoms. The van der Waals surface area contributed by atoms with Gasteiger partial charge in [0.25, 0.3) is 0 Å². The lowest BCUT2D eigenvalue weighted by molar-refractivity contribution is -0.117. The number of piperidine rings is 1. The predicted molar refractivity (Wildman–Crippen MR) is 145 cm³/mol. The molecule has 6 nitrogen and oxygen atoms in total. The molecule has 3 aromatic rings. The van der Waals surface area contributed by atoms with E-state index in [1.54, 1.807) is 6.20 Å². The van der Waals surface area contributed by atoms with Crippen LogP contribution in [0.15, 0.2) is 53.2 Å². The fourth-order valence-corrected chi connectivity index (χ4v) is 4.28. The highest BCUT2D eigenvalue weighted by Crippen LogP contribution is 2.23. The van der Waals surface area contributed by atoms with Crippen LogP contribution in [0, 0.1) is 11.8 Å². The second-order valence-corrected chi connectivity index (χ2v) is 10.8. The zero-order valence-corrected chi connectivity index (χ0v) is 22.3. The lowest BCUT2D eigenvalue weighted by Crippen LogP contribution is -2.31. The first-order valence-electron chi connectivity index (χ1n) is 13.3. The van der Waals surface area contributed by atoms with Crippen molar-refractivity contribution in [1.82, 2.24) is 15.0 Å². The number of rotatable bonds is 9. The van der Waals surface area contributed by atoms with Crippen molar-refractivity contribution in [1.29, 1.82) is 0 Å². The summed E-state index contributed by atoms with van der Waals surface area (Å²) in [6.45, 7) is 10.4. The standard InChI is InChI=1S/C31H37N3O3/c1-31(2,3)29-22-27(33-37-29)21-28(35)20-25-11-8-24(9-12-25)10-13-26-14-15-30(32-23-26)36-19-7-18-34-16-5-4-6-17-34/h8-9,11-12,14-15,22-23H,4-7,16-21H2,1-3H3. The van der Waals surface area contributed by atoms with E-state index >= 15 is 0 Å². The smallest absolute Gasteiger partial charge is 0.213 e. The second kappa shape index (κ2) is 12.7. The van der Waals surface area contributed by atoms with Gasteiger partial charge in [0.1, 0.15) is 11.5 Å². The third kappa shape index (κ3) is 8.58. The number of likely N-dealkylation sites (tertiary alicyclic amines) is 1. The van der Waals surface area contributed by atoms with E-state index in [9.17, 15) is 4.79 Å². The maximum atomic E-state index is 12.5. The van der Waals surface area contributed by atoms with Crippen LogP contribution in [0.25, 0.3) is 0 Å². The highest BCUT2D eigenvalue weighted by atomic mass is 16.5. The van der Waals surface area contributed by atoms with Gasteiger partial charge in [0.2, 0.25) is 5.88 Å². The molecule has 0 amide bonds. The number of hydrogen-bond donors (Lipinski definition) is 0. The number of hydrogen-bond acceptors (Lipinski definition) is 6. The zero-order chi connectivity index (χ0) is 26.1. The number of aromatic nitrogens is 2. The molecule has 0 atom stereocenters. The van der Waals surface area contributed by atoms with Gasteiger partial charge in [0.05, 0.1) is 18.7 Å². The monoisotopic (exact) mass is 499 g/mol. The van der Waals surface area contributed by atoms with Gasteiger partial charge in [-0.3, -0.25) is 4.79 Å². The van der Waals surface area contributed by atoms with Crippen LogP contribution in [0.4, 0.5) is 0 Å². The molecule has 0 N–H and O–H groups in total. The highest BCUT2D eigenvalue weighted by Gasteiger charge is 2.20. The van der Waals surface area contributed by atoms with Crippen LogP contribution in [0.5, 0.6) is 5.88 Å². The molecular weight excluding hydrogens is 462 g/mol. The Morgan fingerprint density at radius 2 is 1.73 bits per heavy atom. The van der Waals surface area contributed by atoms with Crippen molar-refractivity contribution >= 4 is 5.78 Å². The normalized spacial score (nSPS) is 14.1. The van der Waals surface area contributed by atoms with Crippen molar-refractivity contribution < 1.29 is 14.1 Å².